The van der Waals surface area contributed by atoms with E-state index in [-0.39, 0.29) is 18.6 Å². The molecule has 2 N–H and O–H groups in total. The van der Waals surface area contributed by atoms with Gasteiger partial charge in [0.15, 0.2) is 0 Å². The summed E-state index contributed by atoms with van der Waals surface area (Å²) in [5.74, 6) is 0.0917. The van der Waals surface area contributed by atoms with Gasteiger partial charge in [0.25, 0.3) is 0 Å². The highest BCUT2D eigenvalue weighted by molar-refractivity contribution is 5.78. The fourth-order valence-electron chi connectivity index (χ4n) is 1.61. The summed E-state index contributed by atoms with van der Waals surface area (Å²) in [5, 5.41) is 11.8. The molecule has 1 saturated heterocycles. The van der Waals surface area contributed by atoms with E-state index in [1.54, 1.807) is 11.9 Å². The van der Waals surface area contributed by atoms with E-state index in [2.05, 4.69) is 5.32 Å². The SMILES string of the molecule is CNCC(=O)N1CCC[C@@H]1CO. The average Bonchev–Trinajstić information content (AvgIpc) is 2.51. The van der Waals surface area contributed by atoms with Gasteiger partial charge in [-0.05, 0) is 19.9 Å². The first-order chi connectivity index (χ1) is 5.79. The lowest BCUT2D eigenvalue weighted by Crippen LogP contribution is -2.41. The molecule has 0 spiro atoms. The quantitative estimate of drug-likeness (QED) is 0.585. The Balaban J connectivity index is 2.43. The predicted octanol–water partition coefficient (Wildman–Crippen LogP) is -0.811. The number of amides is 1. The highest BCUT2D eigenvalue weighted by Crippen LogP contribution is 2.15. The molecule has 1 heterocycles. The molecule has 0 aromatic rings. The summed E-state index contributed by atoms with van der Waals surface area (Å²) in [5.41, 5.74) is 0. The van der Waals surface area contributed by atoms with Gasteiger partial charge in [0.05, 0.1) is 19.2 Å². The number of carbonyl (C=O) groups is 1. The van der Waals surface area contributed by atoms with Gasteiger partial charge in [-0.3, -0.25) is 4.79 Å². The molecule has 0 aromatic heterocycles. The predicted molar refractivity (Wildman–Crippen MR) is 45.7 cm³/mol. The zero-order valence-electron chi connectivity index (χ0n) is 7.42. The lowest BCUT2D eigenvalue weighted by molar-refractivity contribution is -0.131. The Labute approximate surface area is 72.6 Å². The molecule has 4 heteroatoms. The third-order valence-corrected chi connectivity index (χ3v) is 2.24. The van der Waals surface area contributed by atoms with Crippen molar-refractivity contribution in [2.75, 3.05) is 26.7 Å². The number of likely N-dealkylation sites (tertiary alicyclic amines) is 1. The second-order valence-electron chi connectivity index (χ2n) is 3.10. The number of nitrogens with zero attached hydrogens (tertiary/aromatic N) is 1. The van der Waals surface area contributed by atoms with Crippen molar-refractivity contribution >= 4 is 5.91 Å². The maximum atomic E-state index is 11.4. The molecule has 1 atom stereocenters. The van der Waals surface area contributed by atoms with Crippen LogP contribution < -0.4 is 5.32 Å². The molecular weight excluding hydrogens is 156 g/mol. The van der Waals surface area contributed by atoms with Gasteiger partial charge in [0.2, 0.25) is 5.91 Å². The number of likely N-dealkylation sites (N-methyl/N-ethyl adjacent to an activating group) is 1. The van der Waals surface area contributed by atoms with Crippen LogP contribution >= 0.6 is 0 Å². The van der Waals surface area contributed by atoms with Gasteiger partial charge in [-0.1, -0.05) is 0 Å². The minimum Gasteiger partial charge on any atom is -0.394 e. The normalized spacial score (nSPS) is 23.2. The largest absolute Gasteiger partial charge is 0.394 e. The van der Waals surface area contributed by atoms with Crippen LogP contribution in [0.25, 0.3) is 0 Å². The molecule has 1 amide bonds. The summed E-state index contributed by atoms with van der Waals surface area (Å²) in [6.07, 6.45) is 1.95. The molecule has 0 unspecified atom stereocenters. The van der Waals surface area contributed by atoms with Crippen molar-refractivity contribution in [1.29, 1.82) is 0 Å². The minimum atomic E-state index is 0.0610. The maximum absolute atomic E-state index is 11.4. The minimum absolute atomic E-state index is 0.0610. The molecule has 0 bridgehead atoms. The molecule has 0 saturated carbocycles. The third kappa shape index (κ3) is 1.95. The van der Waals surface area contributed by atoms with Crippen molar-refractivity contribution in [3.8, 4) is 0 Å². The maximum Gasteiger partial charge on any atom is 0.236 e. The molecule has 1 aliphatic heterocycles. The van der Waals surface area contributed by atoms with Gasteiger partial charge in [-0.25, -0.2) is 0 Å². The van der Waals surface area contributed by atoms with Crippen molar-refractivity contribution in [3.05, 3.63) is 0 Å². The molecule has 0 aromatic carbocycles. The van der Waals surface area contributed by atoms with Crippen LogP contribution in [0, 0.1) is 0 Å². The van der Waals surface area contributed by atoms with Crippen molar-refractivity contribution in [3.63, 3.8) is 0 Å². The topological polar surface area (TPSA) is 52.6 Å². The third-order valence-electron chi connectivity index (χ3n) is 2.24. The van der Waals surface area contributed by atoms with Crippen LogP contribution in [-0.2, 0) is 4.79 Å². The number of carbonyl (C=O) groups excluding carboxylic acids is 1. The molecule has 70 valence electrons. The lowest BCUT2D eigenvalue weighted by Gasteiger charge is -2.22. The summed E-state index contributed by atoms with van der Waals surface area (Å²) in [4.78, 5) is 13.1. The van der Waals surface area contributed by atoms with E-state index >= 15 is 0 Å². The Hall–Kier alpha value is -0.610. The zero-order chi connectivity index (χ0) is 8.97. The first-order valence-corrected chi connectivity index (χ1v) is 4.34. The van der Waals surface area contributed by atoms with Crippen LogP contribution in [0.15, 0.2) is 0 Å². The Bertz CT molecular complexity index is 161. The van der Waals surface area contributed by atoms with Crippen molar-refractivity contribution in [2.24, 2.45) is 0 Å². The zero-order valence-corrected chi connectivity index (χ0v) is 7.42. The second kappa shape index (κ2) is 4.42. The molecule has 12 heavy (non-hydrogen) atoms. The second-order valence-corrected chi connectivity index (χ2v) is 3.10. The Kier molecular flexibility index (Phi) is 3.49. The highest BCUT2D eigenvalue weighted by atomic mass is 16.3. The molecule has 0 aliphatic carbocycles. The first kappa shape index (κ1) is 9.48. The van der Waals surface area contributed by atoms with E-state index in [0.717, 1.165) is 19.4 Å². The Morgan fingerprint density at radius 2 is 2.50 bits per heavy atom. The number of nitrogens with one attached hydrogen (secondary N) is 1. The number of rotatable bonds is 3. The number of hydrogen-bond acceptors (Lipinski definition) is 3. The highest BCUT2D eigenvalue weighted by Gasteiger charge is 2.26. The van der Waals surface area contributed by atoms with E-state index in [0.29, 0.717) is 6.54 Å². The van der Waals surface area contributed by atoms with Crippen LogP contribution in [0.1, 0.15) is 12.8 Å². The molecule has 1 fully saturated rings. The molecule has 1 rings (SSSR count). The van der Waals surface area contributed by atoms with Crippen LogP contribution in [0.3, 0.4) is 0 Å². The average molecular weight is 172 g/mol. The fourth-order valence-corrected chi connectivity index (χ4v) is 1.61. The van der Waals surface area contributed by atoms with E-state index < -0.39 is 0 Å². The van der Waals surface area contributed by atoms with Crippen LogP contribution in [-0.4, -0.2) is 48.7 Å². The van der Waals surface area contributed by atoms with E-state index in [9.17, 15) is 4.79 Å². The molecular formula is C8H16N2O2. The van der Waals surface area contributed by atoms with Crippen LogP contribution in [0.2, 0.25) is 0 Å². The number of hydrogen-bond donors (Lipinski definition) is 2. The standard InChI is InChI=1S/C8H16N2O2/c1-9-5-8(12)10-4-2-3-7(10)6-11/h7,9,11H,2-6H2,1H3/t7-/m1/s1. The van der Waals surface area contributed by atoms with Gasteiger partial charge in [0.1, 0.15) is 0 Å². The Morgan fingerprint density at radius 1 is 1.75 bits per heavy atom. The number of aliphatic hydroxyl groups excluding tert-OH is 1. The van der Waals surface area contributed by atoms with Gasteiger partial charge >= 0.3 is 0 Å². The van der Waals surface area contributed by atoms with E-state index in [1.165, 1.54) is 0 Å². The van der Waals surface area contributed by atoms with Crippen LogP contribution in [0.5, 0.6) is 0 Å². The first-order valence-electron chi connectivity index (χ1n) is 4.34. The van der Waals surface area contributed by atoms with Gasteiger partial charge in [-0.2, -0.15) is 0 Å². The van der Waals surface area contributed by atoms with Crippen molar-refractivity contribution in [2.45, 2.75) is 18.9 Å². The summed E-state index contributed by atoms with van der Waals surface area (Å²) in [6.45, 7) is 1.26. The summed E-state index contributed by atoms with van der Waals surface area (Å²) < 4.78 is 0. The lowest BCUT2D eigenvalue weighted by atomic mass is 10.2. The van der Waals surface area contributed by atoms with Gasteiger partial charge in [-0.15, -0.1) is 0 Å². The Morgan fingerprint density at radius 3 is 3.08 bits per heavy atom. The van der Waals surface area contributed by atoms with Crippen molar-refractivity contribution < 1.29 is 9.90 Å². The van der Waals surface area contributed by atoms with E-state index in [4.69, 9.17) is 5.11 Å². The molecule has 0 radical (unpaired) electrons. The van der Waals surface area contributed by atoms with Gasteiger partial charge < -0.3 is 15.3 Å². The fraction of sp³-hybridized carbons (Fsp3) is 0.875. The summed E-state index contributed by atoms with van der Waals surface area (Å²) in [6, 6.07) is 0.0610. The summed E-state index contributed by atoms with van der Waals surface area (Å²) >= 11 is 0. The van der Waals surface area contributed by atoms with Crippen LogP contribution in [0.4, 0.5) is 0 Å². The molecule has 1 aliphatic rings. The van der Waals surface area contributed by atoms with Crippen molar-refractivity contribution in [1.82, 2.24) is 10.2 Å². The number of aliphatic hydroxyl groups is 1. The summed E-state index contributed by atoms with van der Waals surface area (Å²) in [7, 11) is 1.75. The smallest absolute Gasteiger partial charge is 0.236 e. The van der Waals surface area contributed by atoms with E-state index in [1.807, 2.05) is 0 Å². The molecule has 4 nitrogen and oxygen atoms in total. The monoisotopic (exact) mass is 172 g/mol. The van der Waals surface area contributed by atoms with Gasteiger partial charge in [0, 0.05) is 6.54 Å².